The van der Waals surface area contributed by atoms with Gasteiger partial charge in [-0.25, -0.2) is 35.9 Å². The quantitative estimate of drug-likeness (QED) is 0.371. The van der Waals surface area contributed by atoms with E-state index in [1.54, 1.807) is 43.7 Å². The first-order chi connectivity index (χ1) is 26.4. The van der Waals surface area contributed by atoms with E-state index in [4.69, 9.17) is 9.47 Å². The Morgan fingerprint density at radius 3 is 2.50 bits per heavy atom. The molecule has 0 unspecified atom stereocenters. The lowest BCUT2D eigenvalue weighted by atomic mass is 10.0. The van der Waals surface area contributed by atoms with E-state index in [9.17, 15) is 45.6 Å². The molecule has 1 saturated carbocycles. The van der Waals surface area contributed by atoms with Gasteiger partial charge < -0.3 is 25.0 Å². The SMILES string of the molecule is CC(C)(C)OC(=O)N[C@H]1CCCCC/C=C\[C@@H]2C[C@@]2(C(=O)NS(=O)(=O)c2cc(F)ccc2F)NC(=O)[C@@H]2C[C@@H](OC(=O)N3Cc4cccc(F)c4C3)CN2C1=O. The van der Waals surface area contributed by atoms with Gasteiger partial charge in [-0.15, -0.1) is 0 Å². The Kier molecular flexibility index (Phi) is 11.4. The van der Waals surface area contributed by atoms with Crippen LogP contribution < -0.4 is 15.4 Å². The van der Waals surface area contributed by atoms with Crippen LogP contribution in [-0.2, 0) is 47.0 Å². The average Bonchev–Trinajstić information content (AvgIpc) is 3.41. The number of hydrogen-bond acceptors (Lipinski definition) is 9. The van der Waals surface area contributed by atoms with Crippen molar-refractivity contribution in [1.82, 2.24) is 25.2 Å². The third-order valence-corrected chi connectivity index (χ3v) is 11.5. The molecule has 0 bridgehead atoms. The van der Waals surface area contributed by atoms with E-state index < -0.39 is 97.5 Å². The maximum atomic E-state index is 14.5. The molecule has 4 aliphatic rings. The summed E-state index contributed by atoms with van der Waals surface area (Å²) >= 11 is 0. The van der Waals surface area contributed by atoms with Gasteiger partial charge in [0, 0.05) is 24.4 Å². The third-order valence-electron chi connectivity index (χ3n) is 10.2. The first kappa shape index (κ1) is 40.5. The molecule has 5 atom stereocenters. The minimum absolute atomic E-state index is 0.0586. The Morgan fingerprint density at radius 2 is 1.77 bits per heavy atom. The van der Waals surface area contributed by atoms with Crippen LogP contribution in [0.15, 0.2) is 53.4 Å². The monoisotopic (exact) mass is 803 g/mol. The number of carbonyl (C=O) groups is 5. The Labute approximate surface area is 322 Å². The molecule has 3 aliphatic heterocycles. The Bertz CT molecular complexity index is 2060. The molecule has 6 rings (SSSR count). The Morgan fingerprint density at radius 1 is 1.00 bits per heavy atom. The number of carbonyl (C=O) groups excluding carboxylic acids is 5. The number of nitrogens with one attached hydrogen (secondary N) is 3. The van der Waals surface area contributed by atoms with Gasteiger partial charge in [0.15, 0.2) is 0 Å². The number of halogens is 3. The molecule has 18 heteroatoms. The molecule has 1 aliphatic carbocycles. The van der Waals surface area contributed by atoms with Crippen molar-refractivity contribution in [2.45, 2.75) is 113 Å². The third kappa shape index (κ3) is 8.95. The van der Waals surface area contributed by atoms with Crippen molar-refractivity contribution >= 4 is 39.9 Å². The first-order valence-corrected chi connectivity index (χ1v) is 19.9. The zero-order chi connectivity index (χ0) is 40.6. The molecule has 302 valence electrons. The molecule has 0 radical (unpaired) electrons. The summed E-state index contributed by atoms with van der Waals surface area (Å²) in [7, 11) is -4.96. The molecular formula is C38H44F3N5O9S. The predicted molar refractivity (Wildman–Crippen MR) is 192 cm³/mol. The Hall–Kier alpha value is -5.13. The molecule has 2 fully saturated rings. The fourth-order valence-corrected chi connectivity index (χ4v) is 8.42. The van der Waals surface area contributed by atoms with Crippen LogP contribution in [0.5, 0.6) is 0 Å². The summed E-state index contributed by atoms with van der Waals surface area (Å²) in [5.41, 5.74) is -1.82. The van der Waals surface area contributed by atoms with Gasteiger partial charge in [-0.3, -0.25) is 19.3 Å². The number of alkyl carbamates (subject to hydrolysis) is 1. The second-order valence-electron chi connectivity index (χ2n) is 15.5. The van der Waals surface area contributed by atoms with Crippen molar-refractivity contribution in [3.63, 3.8) is 0 Å². The smallest absolute Gasteiger partial charge is 0.410 e. The molecule has 56 heavy (non-hydrogen) atoms. The van der Waals surface area contributed by atoms with E-state index in [-0.39, 0.29) is 38.9 Å². The van der Waals surface area contributed by atoms with Gasteiger partial charge in [0.1, 0.15) is 51.7 Å². The summed E-state index contributed by atoms with van der Waals surface area (Å²) < 4.78 is 82.1. The topological polar surface area (TPSA) is 181 Å². The molecule has 3 N–H and O–H groups in total. The molecule has 1 saturated heterocycles. The summed E-state index contributed by atoms with van der Waals surface area (Å²) in [4.78, 5) is 70.0. The van der Waals surface area contributed by atoms with Gasteiger partial charge >= 0.3 is 12.2 Å². The fraction of sp³-hybridized carbons (Fsp3) is 0.500. The number of fused-ring (bicyclic) bond motifs is 3. The fourth-order valence-electron chi connectivity index (χ4n) is 7.29. The zero-order valence-electron chi connectivity index (χ0n) is 31.1. The van der Waals surface area contributed by atoms with Gasteiger partial charge in [-0.2, -0.15) is 0 Å². The average molecular weight is 804 g/mol. The van der Waals surface area contributed by atoms with Crippen LogP contribution in [0.3, 0.4) is 0 Å². The van der Waals surface area contributed by atoms with E-state index in [1.165, 1.54) is 17.0 Å². The highest BCUT2D eigenvalue weighted by Crippen LogP contribution is 2.46. The molecule has 0 spiro atoms. The van der Waals surface area contributed by atoms with Crippen LogP contribution in [0, 0.1) is 23.4 Å². The largest absolute Gasteiger partial charge is 0.444 e. The molecule has 0 aromatic heterocycles. The van der Waals surface area contributed by atoms with Gasteiger partial charge in [-0.1, -0.05) is 37.1 Å². The lowest BCUT2D eigenvalue weighted by Gasteiger charge is -2.30. The van der Waals surface area contributed by atoms with Crippen LogP contribution in [0.25, 0.3) is 0 Å². The predicted octanol–water partition coefficient (Wildman–Crippen LogP) is 4.32. The Balaban J connectivity index is 1.27. The molecule has 5 amide bonds. The molecule has 2 aromatic rings. The highest BCUT2D eigenvalue weighted by Gasteiger charge is 2.62. The summed E-state index contributed by atoms with van der Waals surface area (Å²) in [6.07, 6.45) is 2.92. The van der Waals surface area contributed by atoms with Crippen LogP contribution in [0.2, 0.25) is 0 Å². The number of hydrogen-bond donors (Lipinski definition) is 3. The number of benzene rings is 2. The van der Waals surface area contributed by atoms with Gasteiger partial charge in [0.05, 0.1) is 13.1 Å². The number of sulfonamides is 1. The highest BCUT2D eigenvalue weighted by molar-refractivity contribution is 7.90. The molecule has 3 heterocycles. The van der Waals surface area contributed by atoms with E-state index in [0.29, 0.717) is 55.0 Å². The van der Waals surface area contributed by atoms with Gasteiger partial charge in [0.25, 0.3) is 15.9 Å². The van der Waals surface area contributed by atoms with E-state index >= 15 is 0 Å². The van der Waals surface area contributed by atoms with Crippen molar-refractivity contribution in [1.29, 1.82) is 0 Å². The first-order valence-electron chi connectivity index (χ1n) is 18.4. The van der Waals surface area contributed by atoms with Crippen molar-refractivity contribution in [2.75, 3.05) is 6.54 Å². The number of ether oxygens (including phenoxy) is 2. The lowest BCUT2D eigenvalue weighted by molar-refractivity contribution is -0.141. The normalized spacial score (nSPS) is 26.0. The summed E-state index contributed by atoms with van der Waals surface area (Å²) in [6, 6.07) is 3.69. The van der Waals surface area contributed by atoms with Crippen LogP contribution in [0.1, 0.15) is 76.8 Å². The molecule has 2 aromatic carbocycles. The minimum atomic E-state index is -4.96. The van der Waals surface area contributed by atoms with Crippen molar-refractivity contribution in [3.05, 3.63) is 77.1 Å². The highest BCUT2D eigenvalue weighted by atomic mass is 32.2. The second-order valence-corrected chi connectivity index (χ2v) is 17.2. The van der Waals surface area contributed by atoms with E-state index in [0.717, 1.165) is 4.90 Å². The minimum Gasteiger partial charge on any atom is -0.444 e. The molecule has 14 nitrogen and oxygen atoms in total. The van der Waals surface area contributed by atoms with Crippen LogP contribution in [0.4, 0.5) is 22.8 Å². The van der Waals surface area contributed by atoms with E-state index in [2.05, 4.69) is 10.6 Å². The number of amides is 5. The summed E-state index contributed by atoms with van der Waals surface area (Å²) in [5, 5.41) is 5.25. The van der Waals surface area contributed by atoms with Crippen molar-refractivity contribution < 1.29 is 55.0 Å². The van der Waals surface area contributed by atoms with Crippen molar-refractivity contribution in [3.8, 4) is 0 Å². The van der Waals surface area contributed by atoms with Gasteiger partial charge in [-0.05, 0) is 76.3 Å². The van der Waals surface area contributed by atoms with Gasteiger partial charge in [0.2, 0.25) is 11.8 Å². The maximum absolute atomic E-state index is 14.5. The standard InChI is InChI=1S/C38H44F3N5O9S/c1-37(2,3)55-35(50)42-29-13-8-6-4-5-7-11-23-18-38(23,34(49)44-56(52,53)31-16-24(39)14-15-28(31)41)43-32(47)30-17-25(20-46(30)33(29)48)54-36(51)45-19-22-10-9-12-27(40)26(22)21-45/h7,9-12,14-16,23,25,29-30H,4-6,8,13,17-21H2,1-3H3,(H,42,50)(H,43,47)(H,44,49)/b11-7-/t23-,25-,29+,30+,38-/m1/s1. The zero-order valence-corrected chi connectivity index (χ0v) is 31.9. The van der Waals surface area contributed by atoms with Crippen molar-refractivity contribution in [2.24, 2.45) is 5.92 Å². The second kappa shape index (κ2) is 15.8. The maximum Gasteiger partial charge on any atom is 0.410 e. The summed E-state index contributed by atoms with van der Waals surface area (Å²) in [5.74, 6) is -6.34. The van der Waals surface area contributed by atoms with Crippen LogP contribution >= 0.6 is 0 Å². The number of allylic oxidation sites excluding steroid dienone is 1. The summed E-state index contributed by atoms with van der Waals surface area (Å²) in [6.45, 7) is 4.69. The molecular weight excluding hydrogens is 760 g/mol. The number of rotatable bonds is 5. The van der Waals surface area contributed by atoms with E-state index in [1.807, 2.05) is 0 Å². The number of nitrogens with zero attached hydrogens (tertiary/aromatic N) is 2. The van der Waals surface area contributed by atoms with Crippen LogP contribution in [-0.4, -0.2) is 84.0 Å². The lowest BCUT2D eigenvalue weighted by Crippen LogP contribution is -2.58.